The number of rotatable bonds is 6. The molecule has 0 aliphatic heterocycles. The summed E-state index contributed by atoms with van der Waals surface area (Å²) in [5.41, 5.74) is 2.79. The standard InChI is InChI=1S/C18H22FNS/c1-4-20-17(12-21-15-8-6-5-7-9-15)18-14(3)10-13(2)11-16(18)19/h5-11,17,20H,4,12H2,1-3H3. The van der Waals surface area contributed by atoms with Crippen molar-refractivity contribution in [2.45, 2.75) is 31.7 Å². The molecule has 0 saturated carbocycles. The van der Waals surface area contributed by atoms with Gasteiger partial charge in [0.25, 0.3) is 0 Å². The quantitative estimate of drug-likeness (QED) is 0.763. The first-order valence-electron chi connectivity index (χ1n) is 7.29. The highest BCUT2D eigenvalue weighted by molar-refractivity contribution is 7.99. The van der Waals surface area contributed by atoms with Crippen LogP contribution < -0.4 is 5.32 Å². The highest BCUT2D eigenvalue weighted by atomic mass is 32.2. The second-order valence-electron chi connectivity index (χ2n) is 5.21. The van der Waals surface area contributed by atoms with Gasteiger partial charge in [-0.25, -0.2) is 4.39 Å². The highest BCUT2D eigenvalue weighted by Gasteiger charge is 2.18. The van der Waals surface area contributed by atoms with Crippen molar-refractivity contribution in [1.82, 2.24) is 5.32 Å². The van der Waals surface area contributed by atoms with Crippen LogP contribution in [0.25, 0.3) is 0 Å². The highest BCUT2D eigenvalue weighted by Crippen LogP contribution is 2.28. The molecule has 0 aliphatic rings. The molecule has 0 fully saturated rings. The van der Waals surface area contributed by atoms with E-state index in [1.807, 2.05) is 32.0 Å². The van der Waals surface area contributed by atoms with Crippen molar-refractivity contribution in [2.24, 2.45) is 0 Å². The van der Waals surface area contributed by atoms with E-state index in [-0.39, 0.29) is 11.9 Å². The Balaban J connectivity index is 2.19. The van der Waals surface area contributed by atoms with Gasteiger partial charge in [-0.1, -0.05) is 31.2 Å². The van der Waals surface area contributed by atoms with E-state index >= 15 is 0 Å². The van der Waals surface area contributed by atoms with Crippen LogP contribution in [-0.2, 0) is 0 Å². The number of halogens is 1. The van der Waals surface area contributed by atoms with Crippen LogP contribution in [0.1, 0.15) is 29.7 Å². The van der Waals surface area contributed by atoms with Gasteiger partial charge in [-0.05, 0) is 49.7 Å². The first kappa shape index (κ1) is 16.1. The Morgan fingerprint density at radius 3 is 2.48 bits per heavy atom. The van der Waals surface area contributed by atoms with Crippen LogP contribution >= 0.6 is 11.8 Å². The lowest BCUT2D eigenvalue weighted by molar-refractivity contribution is 0.542. The number of nitrogens with one attached hydrogen (secondary N) is 1. The molecule has 1 atom stereocenters. The van der Waals surface area contributed by atoms with Gasteiger partial charge in [0.15, 0.2) is 0 Å². The molecule has 0 aliphatic carbocycles. The van der Waals surface area contributed by atoms with E-state index in [9.17, 15) is 4.39 Å². The predicted molar refractivity (Wildman–Crippen MR) is 89.5 cm³/mol. The smallest absolute Gasteiger partial charge is 0.128 e. The van der Waals surface area contributed by atoms with Gasteiger partial charge < -0.3 is 5.32 Å². The average molecular weight is 303 g/mol. The van der Waals surface area contributed by atoms with Crippen LogP contribution in [0.5, 0.6) is 0 Å². The molecule has 2 rings (SSSR count). The Hall–Kier alpha value is -1.32. The summed E-state index contributed by atoms with van der Waals surface area (Å²) in [7, 11) is 0. The van der Waals surface area contributed by atoms with E-state index in [4.69, 9.17) is 0 Å². The lowest BCUT2D eigenvalue weighted by Crippen LogP contribution is -2.25. The lowest BCUT2D eigenvalue weighted by atomic mass is 9.99. The van der Waals surface area contributed by atoms with Crippen LogP contribution in [0, 0.1) is 19.7 Å². The summed E-state index contributed by atoms with van der Waals surface area (Å²) in [4.78, 5) is 1.21. The molecule has 0 radical (unpaired) electrons. The molecule has 21 heavy (non-hydrogen) atoms. The normalized spacial score (nSPS) is 12.4. The molecule has 0 saturated heterocycles. The van der Waals surface area contributed by atoms with Crippen LogP contribution in [-0.4, -0.2) is 12.3 Å². The van der Waals surface area contributed by atoms with Gasteiger partial charge in [0.05, 0.1) is 0 Å². The van der Waals surface area contributed by atoms with Crippen molar-refractivity contribution in [3.63, 3.8) is 0 Å². The SMILES string of the molecule is CCNC(CSc1ccccc1)c1c(C)cc(C)cc1F. The molecule has 0 bridgehead atoms. The van der Waals surface area contributed by atoms with Crippen molar-refractivity contribution in [3.05, 3.63) is 65.0 Å². The minimum absolute atomic E-state index is 0.0285. The minimum atomic E-state index is -0.105. The van der Waals surface area contributed by atoms with Gasteiger partial charge >= 0.3 is 0 Å². The predicted octanol–water partition coefficient (Wildman–Crippen LogP) is 4.89. The molecule has 0 amide bonds. The van der Waals surface area contributed by atoms with E-state index < -0.39 is 0 Å². The molecule has 1 unspecified atom stereocenters. The first-order chi connectivity index (χ1) is 10.1. The molecular formula is C18H22FNS. The fourth-order valence-corrected chi connectivity index (χ4v) is 3.55. The van der Waals surface area contributed by atoms with E-state index in [2.05, 4.69) is 30.4 Å². The third-order valence-corrected chi connectivity index (χ3v) is 4.55. The van der Waals surface area contributed by atoms with Gasteiger partial charge in [-0.15, -0.1) is 11.8 Å². The lowest BCUT2D eigenvalue weighted by Gasteiger charge is -2.21. The zero-order valence-electron chi connectivity index (χ0n) is 12.8. The molecular weight excluding hydrogens is 281 g/mol. The van der Waals surface area contributed by atoms with E-state index in [0.29, 0.717) is 0 Å². The summed E-state index contributed by atoms with van der Waals surface area (Å²) in [6.07, 6.45) is 0. The van der Waals surface area contributed by atoms with Crippen LogP contribution in [0.4, 0.5) is 4.39 Å². The Bertz CT molecular complexity index is 560. The zero-order valence-corrected chi connectivity index (χ0v) is 13.6. The number of hydrogen-bond donors (Lipinski definition) is 1. The molecule has 3 heteroatoms. The third-order valence-electron chi connectivity index (χ3n) is 3.44. The second-order valence-corrected chi connectivity index (χ2v) is 6.31. The molecule has 2 aromatic carbocycles. The maximum Gasteiger partial charge on any atom is 0.128 e. The third kappa shape index (κ3) is 4.32. The average Bonchev–Trinajstić information content (AvgIpc) is 2.45. The summed E-state index contributed by atoms with van der Waals surface area (Å²) >= 11 is 1.76. The summed E-state index contributed by atoms with van der Waals surface area (Å²) in [6, 6.07) is 14.0. The monoisotopic (exact) mass is 303 g/mol. The maximum absolute atomic E-state index is 14.4. The number of aryl methyl sites for hydroxylation is 2. The molecule has 0 spiro atoms. The summed E-state index contributed by atoms with van der Waals surface area (Å²) in [5, 5.41) is 3.41. The first-order valence-corrected chi connectivity index (χ1v) is 8.28. The Kier molecular flexibility index (Phi) is 5.83. The maximum atomic E-state index is 14.4. The number of hydrogen-bond acceptors (Lipinski definition) is 2. The fourth-order valence-electron chi connectivity index (χ4n) is 2.56. The number of thioether (sulfide) groups is 1. The van der Waals surface area contributed by atoms with Crippen LogP contribution in [0.3, 0.4) is 0 Å². The Labute approximate surface area is 131 Å². The van der Waals surface area contributed by atoms with E-state index in [1.165, 1.54) is 4.90 Å². The summed E-state index contributed by atoms with van der Waals surface area (Å²) in [5.74, 6) is 0.714. The van der Waals surface area contributed by atoms with Crippen molar-refractivity contribution in [2.75, 3.05) is 12.3 Å². The van der Waals surface area contributed by atoms with Gasteiger partial charge in [0.1, 0.15) is 5.82 Å². The second kappa shape index (κ2) is 7.62. The minimum Gasteiger partial charge on any atom is -0.309 e. The van der Waals surface area contributed by atoms with E-state index in [0.717, 1.165) is 29.0 Å². The molecule has 1 N–H and O–H groups in total. The fraction of sp³-hybridized carbons (Fsp3) is 0.333. The van der Waals surface area contributed by atoms with Gasteiger partial charge in [0, 0.05) is 22.3 Å². The largest absolute Gasteiger partial charge is 0.309 e. The van der Waals surface area contributed by atoms with Gasteiger partial charge in [0.2, 0.25) is 0 Å². The zero-order chi connectivity index (χ0) is 15.2. The molecule has 0 heterocycles. The molecule has 0 aromatic heterocycles. The summed E-state index contributed by atoms with van der Waals surface area (Å²) < 4.78 is 14.4. The van der Waals surface area contributed by atoms with E-state index in [1.54, 1.807) is 17.8 Å². The van der Waals surface area contributed by atoms with Crippen molar-refractivity contribution in [1.29, 1.82) is 0 Å². The molecule has 2 aromatic rings. The van der Waals surface area contributed by atoms with Crippen molar-refractivity contribution in [3.8, 4) is 0 Å². The Morgan fingerprint density at radius 2 is 1.86 bits per heavy atom. The summed E-state index contributed by atoms with van der Waals surface area (Å²) in [6.45, 7) is 6.80. The van der Waals surface area contributed by atoms with Gasteiger partial charge in [-0.3, -0.25) is 0 Å². The molecule has 112 valence electrons. The molecule has 1 nitrogen and oxygen atoms in total. The van der Waals surface area contributed by atoms with Crippen LogP contribution in [0.15, 0.2) is 47.4 Å². The number of benzene rings is 2. The van der Waals surface area contributed by atoms with Gasteiger partial charge in [-0.2, -0.15) is 0 Å². The van der Waals surface area contributed by atoms with Crippen LogP contribution in [0.2, 0.25) is 0 Å². The van der Waals surface area contributed by atoms with Crippen molar-refractivity contribution >= 4 is 11.8 Å². The topological polar surface area (TPSA) is 12.0 Å². The van der Waals surface area contributed by atoms with Crippen molar-refractivity contribution < 1.29 is 4.39 Å². The Morgan fingerprint density at radius 1 is 1.14 bits per heavy atom.